The van der Waals surface area contributed by atoms with E-state index in [0.717, 1.165) is 24.9 Å². The van der Waals surface area contributed by atoms with Gasteiger partial charge in [-0.25, -0.2) is 4.39 Å². The second-order valence-corrected chi connectivity index (χ2v) is 4.32. The number of halogens is 2. The Kier molecular flexibility index (Phi) is 5.78. The van der Waals surface area contributed by atoms with E-state index >= 15 is 0 Å². The fourth-order valence-electron chi connectivity index (χ4n) is 2.20. The Hall–Kier alpha value is -0.600. The molecule has 0 spiro atoms. The van der Waals surface area contributed by atoms with Crippen LogP contribution in [-0.4, -0.2) is 12.6 Å². The van der Waals surface area contributed by atoms with E-state index in [9.17, 15) is 4.39 Å². The lowest BCUT2D eigenvalue weighted by Crippen LogP contribution is -2.34. The van der Waals surface area contributed by atoms with Gasteiger partial charge in [-0.1, -0.05) is 18.6 Å². The lowest BCUT2D eigenvalue weighted by Gasteiger charge is -2.23. The van der Waals surface area contributed by atoms with Crippen LogP contribution >= 0.6 is 12.4 Å². The van der Waals surface area contributed by atoms with Crippen LogP contribution in [0.3, 0.4) is 0 Å². The molecule has 0 bridgehead atoms. The Labute approximate surface area is 103 Å². The maximum atomic E-state index is 12.9. The van der Waals surface area contributed by atoms with Gasteiger partial charge in [0.1, 0.15) is 5.82 Å². The average Bonchev–Trinajstić information content (AvgIpc) is 2.28. The molecule has 1 saturated heterocycles. The molecule has 1 aromatic carbocycles. The summed E-state index contributed by atoms with van der Waals surface area (Å²) >= 11 is 0. The minimum atomic E-state index is -0.121. The van der Waals surface area contributed by atoms with Crippen molar-refractivity contribution in [1.82, 2.24) is 5.32 Å². The van der Waals surface area contributed by atoms with Crippen LogP contribution in [0.4, 0.5) is 4.39 Å². The largest absolute Gasteiger partial charge is 0.314 e. The lowest BCUT2D eigenvalue weighted by molar-refractivity contribution is 0.382. The normalized spacial score (nSPS) is 20.2. The smallest absolute Gasteiger partial charge is 0.123 e. The van der Waals surface area contributed by atoms with Gasteiger partial charge in [0, 0.05) is 6.04 Å². The Bertz CT molecular complexity index is 311. The van der Waals surface area contributed by atoms with Crippen LogP contribution in [0.5, 0.6) is 0 Å². The molecule has 0 amide bonds. The van der Waals surface area contributed by atoms with Crippen molar-refractivity contribution in [3.63, 3.8) is 0 Å². The van der Waals surface area contributed by atoms with Crippen molar-refractivity contribution in [2.45, 2.75) is 38.1 Å². The van der Waals surface area contributed by atoms with E-state index in [4.69, 9.17) is 0 Å². The highest BCUT2D eigenvalue weighted by atomic mass is 35.5. The van der Waals surface area contributed by atoms with Crippen molar-refractivity contribution in [2.24, 2.45) is 0 Å². The molecule has 0 aliphatic carbocycles. The molecule has 1 nitrogen and oxygen atoms in total. The summed E-state index contributed by atoms with van der Waals surface area (Å²) in [5.41, 5.74) is 1.11. The molecule has 1 unspecified atom stereocenters. The van der Waals surface area contributed by atoms with Gasteiger partial charge in [0.05, 0.1) is 0 Å². The van der Waals surface area contributed by atoms with E-state index in [1.165, 1.54) is 25.3 Å². The summed E-state index contributed by atoms with van der Waals surface area (Å²) in [6.07, 6.45) is 6.02. The second kappa shape index (κ2) is 6.87. The van der Waals surface area contributed by atoms with Gasteiger partial charge in [-0.15, -0.1) is 12.4 Å². The fraction of sp³-hybridized carbons (Fsp3) is 0.538. The predicted molar refractivity (Wildman–Crippen MR) is 67.6 cm³/mol. The molecular weight excluding hydrogens is 225 g/mol. The van der Waals surface area contributed by atoms with Gasteiger partial charge in [0.2, 0.25) is 0 Å². The van der Waals surface area contributed by atoms with Crippen molar-refractivity contribution in [2.75, 3.05) is 6.54 Å². The molecular formula is C13H19ClFN. The first-order valence-corrected chi connectivity index (χ1v) is 5.82. The number of hydrogen-bond donors (Lipinski definition) is 1. The van der Waals surface area contributed by atoms with E-state index in [1.54, 1.807) is 12.1 Å². The van der Waals surface area contributed by atoms with Gasteiger partial charge >= 0.3 is 0 Å². The van der Waals surface area contributed by atoms with Gasteiger partial charge in [-0.05, 0) is 49.9 Å². The highest BCUT2D eigenvalue weighted by molar-refractivity contribution is 5.85. The summed E-state index contributed by atoms with van der Waals surface area (Å²) in [7, 11) is 0. The van der Waals surface area contributed by atoms with E-state index < -0.39 is 0 Å². The third kappa shape index (κ3) is 4.11. The zero-order valence-electron chi connectivity index (χ0n) is 9.42. The molecule has 1 N–H and O–H groups in total. The number of aryl methyl sites for hydroxylation is 1. The van der Waals surface area contributed by atoms with Crippen LogP contribution in [0.15, 0.2) is 24.3 Å². The molecule has 0 saturated carbocycles. The second-order valence-electron chi connectivity index (χ2n) is 4.32. The van der Waals surface area contributed by atoms with Gasteiger partial charge in [0.25, 0.3) is 0 Å². The van der Waals surface area contributed by atoms with Crippen LogP contribution in [0.25, 0.3) is 0 Å². The average molecular weight is 244 g/mol. The fourth-order valence-corrected chi connectivity index (χ4v) is 2.20. The van der Waals surface area contributed by atoms with Crippen LogP contribution in [0.1, 0.15) is 31.2 Å². The summed E-state index contributed by atoms with van der Waals surface area (Å²) in [6.45, 7) is 1.15. The van der Waals surface area contributed by atoms with E-state index in [0.29, 0.717) is 6.04 Å². The maximum Gasteiger partial charge on any atom is 0.123 e. The van der Waals surface area contributed by atoms with Crippen LogP contribution in [0, 0.1) is 5.82 Å². The Morgan fingerprint density at radius 1 is 1.31 bits per heavy atom. The molecule has 1 aliphatic rings. The topological polar surface area (TPSA) is 12.0 Å². The highest BCUT2D eigenvalue weighted by Gasteiger charge is 2.11. The minimum Gasteiger partial charge on any atom is -0.314 e. The van der Waals surface area contributed by atoms with Crippen molar-refractivity contribution >= 4 is 12.4 Å². The first-order valence-electron chi connectivity index (χ1n) is 5.82. The molecule has 1 heterocycles. The minimum absolute atomic E-state index is 0. The summed E-state index contributed by atoms with van der Waals surface area (Å²) in [6, 6.07) is 7.58. The molecule has 1 aliphatic heterocycles. The van der Waals surface area contributed by atoms with Gasteiger partial charge in [0.15, 0.2) is 0 Å². The van der Waals surface area contributed by atoms with Crippen molar-refractivity contribution in [3.8, 4) is 0 Å². The van der Waals surface area contributed by atoms with Crippen LogP contribution in [0.2, 0.25) is 0 Å². The van der Waals surface area contributed by atoms with Gasteiger partial charge < -0.3 is 5.32 Å². The molecule has 90 valence electrons. The number of piperidine rings is 1. The van der Waals surface area contributed by atoms with Gasteiger partial charge in [-0.2, -0.15) is 0 Å². The monoisotopic (exact) mass is 243 g/mol. The van der Waals surface area contributed by atoms with Crippen molar-refractivity contribution < 1.29 is 4.39 Å². The zero-order valence-corrected chi connectivity index (χ0v) is 10.2. The molecule has 0 aromatic heterocycles. The molecule has 16 heavy (non-hydrogen) atoms. The highest BCUT2D eigenvalue weighted by Crippen LogP contribution is 2.13. The van der Waals surface area contributed by atoms with Crippen LogP contribution < -0.4 is 5.32 Å². The maximum absolute atomic E-state index is 12.9. The molecule has 1 fully saturated rings. The van der Waals surface area contributed by atoms with E-state index in [-0.39, 0.29) is 18.2 Å². The van der Waals surface area contributed by atoms with Crippen molar-refractivity contribution in [3.05, 3.63) is 35.6 Å². The van der Waals surface area contributed by atoms with Crippen LogP contribution in [-0.2, 0) is 6.42 Å². The molecule has 3 heteroatoms. The van der Waals surface area contributed by atoms with E-state index in [2.05, 4.69) is 5.32 Å². The Balaban J connectivity index is 0.00000128. The van der Waals surface area contributed by atoms with Gasteiger partial charge in [-0.3, -0.25) is 0 Å². The molecule has 0 radical (unpaired) electrons. The zero-order chi connectivity index (χ0) is 10.5. The molecule has 1 atom stereocenters. The summed E-state index contributed by atoms with van der Waals surface area (Å²) in [5.74, 6) is -0.121. The predicted octanol–water partition coefficient (Wildman–Crippen LogP) is 3.32. The first-order chi connectivity index (χ1) is 7.34. The Morgan fingerprint density at radius 2 is 2.19 bits per heavy atom. The SMILES string of the molecule is Cl.Fc1cccc(CCC2CCCCN2)c1. The summed E-state index contributed by atoms with van der Waals surface area (Å²) in [5, 5.41) is 3.51. The summed E-state index contributed by atoms with van der Waals surface area (Å²) in [4.78, 5) is 0. The number of hydrogen-bond acceptors (Lipinski definition) is 1. The quantitative estimate of drug-likeness (QED) is 0.859. The third-order valence-corrected chi connectivity index (χ3v) is 3.08. The van der Waals surface area contributed by atoms with Crippen molar-refractivity contribution in [1.29, 1.82) is 0 Å². The first kappa shape index (κ1) is 13.5. The molecule has 1 aromatic rings. The van der Waals surface area contributed by atoms with E-state index in [1.807, 2.05) is 6.07 Å². The number of nitrogens with one attached hydrogen (secondary N) is 1. The Morgan fingerprint density at radius 3 is 2.88 bits per heavy atom. The summed E-state index contributed by atoms with van der Waals surface area (Å²) < 4.78 is 12.9. The standard InChI is InChI=1S/C13H18FN.ClH/c14-12-5-3-4-11(10-12)7-8-13-6-1-2-9-15-13;/h3-5,10,13,15H,1-2,6-9H2;1H. The third-order valence-electron chi connectivity index (χ3n) is 3.08. The molecule has 2 rings (SSSR count). The number of rotatable bonds is 3. The lowest BCUT2D eigenvalue weighted by atomic mass is 9.98. The number of benzene rings is 1.